The Labute approximate surface area is 316 Å². The normalized spacial score (nSPS) is 11.6. The van der Waals surface area contributed by atoms with Gasteiger partial charge in [0.2, 0.25) is 0 Å². The van der Waals surface area contributed by atoms with E-state index in [0.29, 0.717) is 11.1 Å². The monoisotopic (exact) mass is 699 g/mol. The van der Waals surface area contributed by atoms with Crippen LogP contribution in [0.2, 0.25) is 0 Å². The molecule has 0 aliphatic heterocycles. The van der Waals surface area contributed by atoms with Crippen LogP contribution in [0.3, 0.4) is 0 Å². The fourth-order valence-electron chi connectivity index (χ4n) is 8.67. The Morgan fingerprint density at radius 2 is 0.727 bits per heavy atom. The zero-order chi connectivity index (χ0) is 36.6. The van der Waals surface area contributed by atoms with Crippen LogP contribution in [0, 0.1) is 22.7 Å². The molecule has 0 saturated carbocycles. The lowest BCUT2D eigenvalue weighted by Crippen LogP contribution is -1.97. The lowest BCUT2D eigenvalue weighted by atomic mass is 10.0. The fraction of sp³-hybridized carbons (Fsp3) is 0. The van der Waals surface area contributed by atoms with Crippen LogP contribution in [-0.4, -0.2) is 13.7 Å². The summed E-state index contributed by atoms with van der Waals surface area (Å²) in [6.07, 6.45) is 0. The Kier molecular flexibility index (Phi) is 6.61. The van der Waals surface area contributed by atoms with Gasteiger partial charge in [-0.05, 0) is 102 Å². The van der Waals surface area contributed by atoms with Gasteiger partial charge < -0.3 is 13.7 Å². The van der Waals surface area contributed by atoms with Crippen molar-refractivity contribution in [3.63, 3.8) is 0 Å². The van der Waals surface area contributed by atoms with Gasteiger partial charge in [-0.3, -0.25) is 0 Å². The molecular weight excluding hydrogens is 671 g/mol. The summed E-state index contributed by atoms with van der Waals surface area (Å²) in [4.78, 5) is 0. The van der Waals surface area contributed by atoms with Gasteiger partial charge in [-0.2, -0.15) is 10.5 Å². The van der Waals surface area contributed by atoms with E-state index >= 15 is 0 Å². The van der Waals surface area contributed by atoms with Gasteiger partial charge in [-0.15, -0.1) is 0 Å². The summed E-state index contributed by atoms with van der Waals surface area (Å²) < 4.78 is 6.91. The number of hydrogen-bond acceptors (Lipinski definition) is 2. The van der Waals surface area contributed by atoms with Gasteiger partial charge in [-0.25, -0.2) is 0 Å². The molecule has 0 bridgehead atoms. The van der Waals surface area contributed by atoms with E-state index < -0.39 is 0 Å². The Bertz CT molecular complexity index is 3400. The second-order valence-electron chi connectivity index (χ2n) is 14.0. The topological polar surface area (TPSA) is 62.4 Å². The molecule has 0 aliphatic rings. The van der Waals surface area contributed by atoms with E-state index in [1.807, 2.05) is 42.5 Å². The van der Waals surface area contributed by atoms with Gasteiger partial charge in [0, 0.05) is 49.4 Å². The van der Waals surface area contributed by atoms with E-state index in [9.17, 15) is 10.5 Å². The predicted molar refractivity (Wildman–Crippen MR) is 224 cm³/mol. The van der Waals surface area contributed by atoms with Crippen molar-refractivity contribution in [1.29, 1.82) is 10.5 Å². The van der Waals surface area contributed by atoms with Crippen LogP contribution in [0.15, 0.2) is 176 Å². The Morgan fingerprint density at radius 3 is 1.29 bits per heavy atom. The summed E-state index contributed by atoms with van der Waals surface area (Å²) in [7, 11) is 0. The highest BCUT2D eigenvalue weighted by Gasteiger charge is 2.18. The summed E-state index contributed by atoms with van der Waals surface area (Å²) in [5, 5.41) is 26.8. The maximum Gasteiger partial charge on any atom is 0.0992 e. The molecule has 0 N–H and O–H groups in total. The summed E-state index contributed by atoms with van der Waals surface area (Å²) in [5.74, 6) is 0. The summed E-state index contributed by atoms with van der Waals surface area (Å²) in [6.45, 7) is 0. The third-order valence-corrected chi connectivity index (χ3v) is 11.1. The molecule has 3 aromatic heterocycles. The van der Waals surface area contributed by atoms with Gasteiger partial charge in [0.25, 0.3) is 0 Å². The molecule has 0 radical (unpaired) electrons. The van der Waals surface area contributed by atoms with Crippen LogP contribution < -0.4 is 0 Å². The first-order valence-electron chi connectivity index (χ1n) is 18.3. The van der Waals surface area contributed by atoms with Crippen molar-refractivity contribution < 1.29 is 0 Å². The second kappa shape index (κ2) is 11.8. The lowest BCUT2D eigenvalue weighted by Gasteiger charge is -2.13. The number of nitriles is 2. The van der Waals surface area contributed by atoms with Crippen molar-refractivity contribution in [2.45, 2.75) is 0 Å². The lowest BCUT2D eigenvalue weighted by molar-refractivity contribution is 1.16. The molecular formula is C50H29N5. The molecule has 11 rings (SSSR count). The largest absolute Gasteiger partial charge is 0.309 e. The smallest absolute Gasteiger partial charge is 0.0992 e. The Hall–Kier alpha value is -7.86. The third kappa shape index (κ3) is 4.58. The van der Waals surface area contributed by atoms with Gasteiger partial charge in [0.15, 0.2) is 0 Å². The number of aromatic nitrogens is 3. The van der Waals surface area contributed by atoms with Crippen molar-refractivity contribution in [3.8, 4) is 40.3 Å². The average molecular weight is 700 g/mol. The van der Waals surface area contributed by atoms with Crippen molar-refractivity contribution >= 4 is 65.4 Å². The number of nitrogens with zero attached hydrogens (tertiary/aromatic N) is 5. The first-order valence-corrected chi connectivity index (χ1v) is 18.3. The molecule has 0 spiro atoms. The number of benzene rings is 8. The minimum absolute atomic E-state index is 0.581. The predicted octanol–water partition coefficient (Wildman–Crippen LogP) is 12.4. The highest BCUT2D eigenvalue weighted by atomic mass is 15.0. The van der Waals surface area contributed by atoms with Crippen molar-refractivity contribution in [1.82, 2.24) is 13.7 Å². The molecule has 11 aromatic rings. The zero-order valence-electron chi connectivity index (χ0n) is 29.5. The third-order valence-electron chi connectivity index (χ3n) is 11.1. The molecule has 0 saturated heterocycles. The second-order valence-corrected chi connectivity index (χ2v) is 14.0. The Morgan fingerprint density at radius 1 is 0.291 bits per heavy atom. The van der Waals surface area contributed by atoms with Crippen LogP contribution >= 0.6 is 0 Å². The molecule has 5 heteroatoms. The van der Waals surface area contributed by atoms with E-state index in [2.05, 4.69) is 159 Å². The van der Waals surface area contributed by atoms with Crippen LogP contribution in [0.25, 0.3) is 93.6 Å². The molecule has 5 nitrogen and oxygen atoms in total. The maximum absolute atomic E-state index is 10.2. The zero-order valence-corrected chi connectivity index (χ0v) is 29.5. The van der Waals surface area contributed by atoms with E-state index in [1.165, 1.54) is 32.6 Å². The van der Waals surface area contributed by atoms with E-state index in [1.54, 1.807) is 0 Å². The summed E-state index contributed by atoms with van der Waals surface area (Å²) in [5.41, 5.74) is 12.9. The van der Waals surface area contributed by atoms with Crippen LogP contribution in [-0.2, 0) is 0 Å². The molecule has 0 aliphatic carbocycles. The first-order chi connectivity index (χ1) is 27.2. The van der Waals surface area contributed by atoms with E-state index in [0.717, 1.165) is 61.0 Å². The molecule has 0 atom stereocenters. The van der Waals surface area contributed by atoms with E-state index in [4.69, 9.17) is 0 Å². The standard InChI is InChI=1S/C50H29N5/c51-30-32-17-23-49-43(27-32)41-11-3-8-16-48(41)55(49)38-26-33(31-52)25-35(28-38)34-18-20-36(21-19-34)53-47-15-7-4-12-42(47)44-29-37(22-24-50(44)53)54-45-13-5-1-9-39(45)40-10-2-6-14-46(40)54/h1-29H. The minimum Gasteiger partial charge on any atom is -0.309 e. The summed E-state index contributed by atoms with van der Waals surface area (Å²) >= 11 is 0. The fourth-order valence-corrected chi connectivity index (χ4v) is 8.67. The molecule has 0 unspecified atom stereocenters. The van der Waals surface area contributed by atoms with Gasteiger partial charge >= 0.3 is 0 Å². The highest BCUT2D eigenvalue weighted by molar-refractivity contribution is 6.12. The molecule has 55 heavy (non-hydrogen) atoms. The molecule has 0 amide bonds. The number of hydrogen-bond donors (Lipinski definition) is 0. The van der Waals surface area contributed by atoms with Crippen molar-refractivity contribution in [3.05, 3.63) is 187 Å². The number of rotatable bonds is 4. The van der Waals surface area contributed by atoms with Crippen molar-refractivity contribution in [2.75, 3.05) is 0 Å². The minimum atomic E-state index is 0.581. The van der Waals surface area contributed by atoms with Crippen LogP contribution in [0.1, 0.15) is 11.1 Å². The van der Waals surface area contributed by atoms with Gasteiger partial charge in [-0.1, -0.05) is 84.9 Å². The quantitative estimate of drug-likeness (QED) is 0.184. The number of para-hydroxylation sites is 4. The highest BCUT2D eigenvalue weighted by Crippen LogP contribution is 2.38. The average Bonchev–Trinajstić information content (AvgIpc) is 3.89. The Balaban J connectivity index is 1.04. The SMILES string of the molecule is N#Cc1cc(-c2ccc(-n3c4ccccc4c4cc(-n5c6ccccc6c6ccccc65)ccc43)cc2)cc(-n2c3ccccc3c3cc(C#N)ccc32)c1. The maximum atomic E-state index is 10.2. The molecule has 0 fully saturated rings. The van der Waals surface area contributed by atoms with Crippen LogP contribution in [0.4, 0.5) is 0 Å². The van der Waals surface area contributed by atoms with Gasteiger partial charge in [0.1, 0.15) is 0 Å². The van der Waals surface area contributed by atoms with Crippen LogP contribution in [0.5, 0.6) is 0 Å². The van der Waals surface area contributed by atoms with Crippen molar-refractivity contribution in [2.24, 2.45) is 0 Å². The first kappa shape index (κ1) is 30.7. The molecule has 3 heterocycles. The summed E-state index contributed by atoms with van der Waals surface area (Å²) in [6, 6.07) is 66.1. The van der Waals surface area contributed by atoms with Gasteiger partial charge in [0.05, 0.1) is 56.4 Å². The molecule has 254 valence electrons. The number of fused-ring (bicyclic) bond motifs is 9. The molecule has 8 aromatic carbocycles. The van der Waals surface area contributed by atoms with E-state index in [-0.39, 0.29) is 0 Å².